The normalized spacial score (nSPS) is 12.3. The van der Waals surface area contributed by atoms with Crippen molar-refractivity contribution in [3.05, 3.63) is 89.1 Å². The first-order chi connectivity index (χ1) is 17.1. The summed E-state index contributed by atoms with van der Waals surface area (Å²) in [5, 5.41) is 3.58. The lowest BCUT2D eigenvalue weighted by molar-refractivity contribution is -0.144. The predicted molar refractivity (Wildman–Crippen MR) is 140 cm³/mol. The molecule has 1 atom stereocenters. The van der Waals surface area contributed by atoms with Crippen LogP contribution in [-0.2, 0) is 19.6 Å². The van der Waals surface area contributed by atoms with Crippen LogP contribution >= 0.6 is 11.6 Å². The molecule has 1 heterocycles. The van der Waals surface area contributed by atoms with Crippen LogP contribution in [0.1, 0.15) is 35.8 Å². The van der Waals surface area contributed by atoms with Crippen molar-refractivity contribution in [2.24, 2.45) is 0 Å². The quantitative estimate of drug-likeness (QED) is 0.258. The summed E-state index contributed by atoms with van der Waals surface area (Å²) in [6.45, 7) is 3.68. The molecule has 1 aromatic heterocycles. The number of halogens is 1. The summed E-state index contributed by atoms with van der Waals surface area (Å²) in [7, 11) is -4.12. The van der Waals surface area contributed by atoms with Crippen molar-refractivity contribution in [3.8, 4) is 0 Å². The Labute approximate surface area is 213 Å². The second-order valence-corrected chi connectivity index (χ2v) is 10.3. The molecule has 36 heavy (non-hydrogen) atoms. The van der Waals surface area contributed by atoms with Gasteiger partial charge in [-0.2, -0.15) is 0 Å². The van der Waals surface area contributed by atoms with E-state index in [9.17, 15) is 18.0 Å². The Balaban J connectivity index is 1.74. The smallest absolute Gasteiger partial charge is 0.313 e. The Morgan fingerprint density at radius 1 is 1.06 bits per heavy atom. The lowest BCUT2D eigenvalue weighted by Crippen LogP contribution is -2.22. The highest BCUT2D eigenvalue weighted by Crippen LogP contribution is 2.30. The third kappa shape index (κ3) is 4.80. The maximum absolute atomic E-state index is 13.6. The molecule has 3 aromatic carbocycles. The standard InChI is InChI=1S/C26H24ClN3O5S/c1-3-35-26(32)16(2)17-9-11-22(21(28)14-17)29-25(31)24-15-18-13-19(27)10-12-23(18)30(24)36(33,34)20-7-5-4-6-8-20/h4-16H,3,28H2,1-2H3,(H,29,31). The van der Waals surface area contributed by atoms with Gasteiger partial charge in [-0.3, -0.25) is 9.59 Å². The average molecular weight is 526 g/mol. The van der Waals surface area contributed by atoms with Crippen LogP contribution in [0.5, 0.6) is 0 Å². The molecule has 0 fully saturated rings. The summed E-state index contributed by atoms with van der Waals surface area (Å²) in [6.07, 6.45) is 0. The Morgan fingerprint density at radius 3 is 2.44 bits per heavy atom. The molecule has 1 unspecified atom stereocenters. The number of amides is 1. The van der Waals surface area contributed by atoms with Gasteiger partial charge in [0.2, 0.25) is 0 Å². The summed E-state index contributed by atoms with van der Waals surface area (Å²) in [5.74, 6) is -1.61. The van der Waals surface area contributed by atoms with Crippen molar-refractivity contribution in [2.45, 2.75) is 24.7 Å². The van der Waals surface area contributed by atoms with Crippen LogP contribution in [-0.4, -0.2) is 30.9 Å². The fourth-order valence-corrected chi connectivity index (χ4v) is 5.54. The first-order valence-corrected chi connectivity index (χ1v) is 12.9. The Hall–Kier alpha value is -3.82. The maximum atomic E-state index is 13.6. The number of ether oxygens (including phenoxy) is 1. The van der Waals surface area contributed by atoms with Gasteiger partial charge in [0.25, 0.3) is 15.9 Å². The molecule has 4 aromatic rings. The predicted octanol–water partition coefficient (Wildman–Crippen LogP) is 5.03. The molecular formula is C26H24ClN3O5S. The number of nitrogens with zero attached hydrogens (tertiary/aromatic N) is 1. The van der Waals surface area contributed by atoms with Crippen molar-refractivity contribution < 1.29 is 22.7 Å². The molecule has 0 aliphatic rings. The van der Waals surface area contributed by atoms with E-state index in [4.69, 9.17) is 22.1 Å². The third-order valence-corrected chi connectivity index (χ3v) is 7.67. The molecule has 186 valence electrons. The molecule has 1 amide bonds. The molecule has 0 aliphatic carbocycles. The highest BCUT2D eigenvalue weighted by molar-refractivity contribution is 7.90. The zero-order valence-electron chi connectivity index (χ0n) is 19.6. The second-order valence-electron chi connectivity index (χ2n) is 8.09. The summed E-state index contributed by atoms with van der Waals surface area (Å²) < 4.78 is 33.2. The van der Waals surface area contributed by atoms with E-state index in [-0.39, 0.29) is 34.5 Å². The monoisotopic (exact) mass is 525 g/mol. The summed E-state index contributed by atoms with van der Waals surface area (Å²) in [4.78, 5) is 25.5. The van der Waals surface area contributed by atoms with Crippen LogP contribution in [0.3, 0.4) is 0 Å². The number of carbonyl (C=O) groups is 2. The van der Waals surface area contributed by atoms with E-state index in [1.54, 1.807) is 68.4 Å². The molecule has 0 saturated carbocycles. The number of nitrogens with one attached hydrogen (secondary N) is 1. The van der Waals surface area contributed by atoms with Gasteiger partial charge in [-0.15, -0.1) is 0 Å². The van der Waals surface area contributed by atoms with Gasteiger partial charge in [-0.05, 0) is 67.9 Å². The van der Waals surface area contributed by atoms with E-state index in [1.165, 1.54) is 18.2 Å². The SMILES string of the molecule is CCOC(=O)C(C)c1ccc(NC(=O)c2cc3cc(Cl)ccc3n2S(=O)(=O)c2ccccc2)c(N)c1. The first-order valence-electron chi connectivity index (χ1n) is 11.1. The van der Waals surface area contributed by atoms with Crippen molar-refractivity contribution in [1.82, 2.24) is 3.97 Å². The van der Waals surface area contributed by atoms with E-state index < -0.39 is 21.8 Å². The molecule has 8 nitrogen and oxygen atoms in total. The minimum atomic E-state index is -4.12. The number of benzene rings is 3. The van der Waals surface area contributed by atoms with Crippen LogP contribution in [0.25, 0.3) is 10.9 Å². The Kier molecular flexibility index (Phi) is 7.05. The summed E-state index contributed by atoms with van der Waals surface area (Å²) >= 11 is 6.12. The molecule has 0 bridgehead atoms. The largest absolute Gasteiger partial charge is 0.466 e. The number of esters is 1. The van der Waals surface area contributed by atoms with Gasteiger partial charge in [-0.25, -0.2) is 12.4 Å². The van der Waals surface area contributed by atoms with Crippen LogP contribution < -0.4 is 11.1 Å². The molecule has 3 N–H and O–H groups in total. The third-order valence-electron chi connectivity index (χ3n) is 5.70. The van der Waals surface area contributed by atoms with Crippen molar-refractivity contribution in [2.75, 3.05) is 17.7 Å². The number of fused-ring (bicyclic) bond motifs is 1. The summed E-state index contributed by atoms with van der Waals surface area (Å²) in [6, 6.07) is 18.8. The van der Waals surface area contributed by atoms with Crippen LogP contribution in [0.2, 0.25) is 5.02 Å². The lowest BCUT2D eigenvalue weighted by Gasteiger charge is -2.15. The van der Waals surface area contributed by atoms with Gasteiger partial charge in [0.05, 0.1) is 34.3 Å². The van der Waals surface area contributed by atoms with Crippen molar-refractivity contribution in [1.29, 1.82) is 0 Å². The van der Waals surface area contributed by atoms with Gasteiger partial charge in [0, 0.05) is 10.4 Å². The van der Waals surface area contributed by atoms with Crippen LogP contribution in [0.4, 0.5) is 11.4 Å². The number of anilines is 2. The highest BCUT2D eigenvalue weighted by Gasteiger charge is 2.27. The van der Waals surface area contributed by atoms with Gasteiger partial charge >= 0.3 is 5.97 Å². The molecule has 4 rings (SSSR count). The molecule has 0 aliphatic heterocycles. The van der Waals surface area contributed by atoms with Gasteiger partial charge < -0.3 is 15.8 Å². The van der Waals surface area contributed by atoms with Gasteiger partial charge in [-0.1, -0.05) is 35.9 Å². The molecule has 10 heteroatoms. The average Bonchev–Trinajstić information content (AvgIpc) is 3.25. The van der Waals surface area contributed by atoms with E-state index in [0.717, 1.165) is 3.97 Å². The van der Waals surface area contributed by atoms with Crippen molar-refractivity contribution in [3.63, 3.8) is 0 Å². The molecular weight excluding hydrogens is 502 g/mol. The first kappa shape index (κ1) is 25.3. The zero-order chi connectivity index (χ0) is 26.0. The number of rotatable bonds is 7. The number of aromatic nitrogens is 1. The van der Waals surface area contributed by atoms with Crippen LogP contribution in [0, 0.1) is 0 Å². The van der Waals surface area contributed by atoms with E-state index in [2.05, 4.69) is 5.32 Å². The number of hydrogen-bond donors (Lipinski definition) is 2. The lowest BCUT2D eigenvalue weighted by atomic mass is 10.00. The molecule has 0 spiro atoms. The summed E-state index contributed by atoms with van der Waals surface area (Å²) in [5.41, 5.74) is 7.47. The van der Waals surface area contributed by atoms with Crippen LogP contribution in [0.15, 0.2) is 77.7 Å². The fraction of sp³-hybridized carbons (Fsp3) is 0.154. The zero-order valence-corrected chi connectivity index (χ0v) is 21.1. The Bertz CT molecular complexity index is 1570. The topological polar surface area (TPSA) is 120 Å². The maximum Gasteiger partial charge on any atom is 0.313 e. The van der Waals surface area contributed by atoms with E-state index in [1.807, 2.05) is 0 Å². The number of carbonyl (C=O) groups excluding carboxylic acids is 2. The minimum absolute atomic E-state index is 0.0309. The van der Waals surface area contributed by atoms with E-state index >= 15 is 0 Å². The Morgan fingerprint density at radius 2 is 1.78 bits per heavy atom. The minimum Gasteiger partial charge on any atom is -0.466 e. The number of hydrogen-bond acceptors (Lipinski definition) is 6. The highest BCUT2D eigenvalue weighted by atomic mass is 35.5. The van der Waals surface area contributed by atoms with Gasteiger partial charge in [0.1, 0.15) is 5.69 Å². The molecule has 0 radical (unpaired) electrons. The number of nitrogen functional groups attached to an aromatic ring is 1. The van der Waals surface area contributed by atoms with Gasteiger partial charge in [0.15, 0.2) is 0 Å². The fourth-order valence-electron chi connectivity index (χ4n) is 3.83. The van der Waals surface area contributed by atoms with E-state index in [0.29, 0.717) is 21.5 Å². The number of nitrogens with two attached hydrogens (primary N) is 1. The second kappa shape index (κ2) is 10.0. The van der Waals surface area contributed by atoms with Crippen molar-refractivity contribution >= 4 is 55.8 Å². The molecule has 0 saturated heterocycles.